The summed E-state index contributed by atoms with van der Waals surface area (Å²) in [5.41, 5.74) is 0.270. The summed E-state index contributed by atoms with van der Waals surface area (Å²) in [6.45, 7) is 5.66. The number of carbonyl (C=O) groups excluding carboxylic acids is 1. The second-order valence-corrected chi connectivity index (χ2v) is 7.75. The maximum atomic E-state index is 12.0. The monoisotopic (exact) mass is 344 g/mol. The van der Waals surface area contributed by atoms with Crippen molar-refractivity contribution in [1.82, 2.24) is 0 Å². The Hall–Kier alpha value is -1.44. The van der Waals surface area contributed by atoms with Gasteiger partial charge in [0.15, 0.2) is 6.10 Å². The van der Waals surface area contributed by atoms with E-state index in [1.807, 2.05) is 30.3 Å². The Morgan fingerprint density at radius 1 is 1.17 bits per heavy atom. The minimum atomic E-state index is -3.77. The van der Waals surface area contributed by atoms with Crippen molar-refractivity contribution in [3.8, 4) is 0 Å². The second kappa shape index (κ2) is 8.42. The van der Waals surface area contributed by atoms with Gasteiger partial charge in [0.25, 0.3) is 10.1 Å². The molecule has 0 aromatic heterocycles. The van der Waals surface area contributed by atoms with E-state index in [0.717, 1.165) is 11.8 Å². The standard InChI is InChI=1S/C16H24O6S/c1-16(2,3)21-15(17)14(22-23(4,18)19)10-11-20-12-13-8-6-5-7-9-13/h5-9,14H,10-12H2,1-4H3/t14-/m1/s1. The molecule has 0 aliphatic rings. The van der Waals surface area contributed by atoms with Gasteiger partial charge in [-0.2, -0.15) is 8.42 Å². The van der Waals surface area contributed by atoms with E-state index in [1.54, 1.807) is 20.8 Å². The van der Waals surface area contributed by atoms with Crippen LogP contribution in [0.15, 0.2) is 30.3 Å². The summed E-state index contributed by atoms with van der Waals surface area (Å²) in [4.78, 5) is 12.0. The molecule has 0 fully saturated rings. The van der Waals surface area contributed by atoms with Crippen LogP contribution < -0.4 is 0 Å². The average Bonchev–Trinajstić information content (AvgIpc) is 2.40. The molecule has 7 heteroatoms. The SMILES string of the molecule is CC(C)(C)OC(=O)[C@@H](CCOCc1ccccc1)OS(C)(=O)=O. The molecular formula is C16H24O6S. The van der Waals surface area contributed by atoms with Gasteiger partial charge in [-0.15, -0.1) is 0 Å². The highest BCUT2D eigenvalue weighted by Gasteiger charge is 2.28. The fourth-order valence-corrected chi connectivity index (χ4v) is 2.34. The molecular weight excluding hydrogens is 320 g/mol. The normalized spacial score (nSPS) is 13.6. The summed E-state index contributed by atoms with van der Waals surface area (Å²) in [5.74, 6) is -0.716. The van der Waals surface area contributed by atoms with E-state index in [-0.39, 0.29) is 13.0 Å². The first-order valence-corrected chi connectivity index (χ1v) is 9.11. The molecule has 6 nitrogen and oxygen atoms in total. The molecule has 1 rings (SSSR count). The van der Waals surface area contributed by atoms with Gasteiger partial charge in [0.05, 0.1) is 19.5 Å². The Morgan fingerprint density at radius 3 is 2.30 bits per heavy atom. The molecule has 0 heterocycles. The molecule has 0 aliphatic heterocycles. The third-order valence-corrected chi connectivity index (χ3v) is 3.18. The van der Waals surface area contributed by atoms with Gasteiger partial charge >= 0.3 is 5.97 Å². The van der Waals surface area contributed by atoms with Crippen molar-refractivity contribution in [3.05, 3.63) is 35.9 Å². The predicted octanol–water partition coefficient (Wildman–Crippen LogP) is 2.28. The average molecular weight is 344 g/mol. The van der Waals surface area contributed by atoms with Gasteiger partial charge in [0, 0.05) is 6.42 Å². The third-order valence-electron chi connectivity index (χ3n) is 2.60. The Labute approximate surface area is 137 Å². The smallest absolute Gasteiger partial charge is 0.337 e. The molecule has 0 spiro atoms. The van der Waals surface area contributed by atoms with E-state index in [4.69, 9.17) is 13.7 Å². The molecule has 1 atom stereocenters. The molecule has 130 valence electrons. The van der Waals surface area contributed by atoms with Gasteiger partial charge in [-0.25, -0.2) is 4.79 Å². The third kappa shape index (κ3) is 9.32. The number of carbonyl (C=O) groups is 1. The number of hydrogen-bond donors (Lipinski definition) is 0. The Kier molecular flexibility index (Phi) is 7.18. The fraction of sp³-hybridized carbons (Fsp3) is 0.562. The van der Waals surface area contributed by atoms with E-state index < -0.39 is 27.8 Å². The molecule has 23 heavy (non-hydrogen) atoms. The van der Waals surface area contributed by atoms with Gasteiger partial charge < -0.3 is 9.47 Å². The lowest BCUT2D eigenvalue weighted by molar-refractivity contribution is -0.164. The summed E-state index contributed by atoms with van der Waals surface area (Å²) in [5, 5.41) is 0. The van der Waals surface area contributed by atoms with Crippen LogP contribution in [0.25, 0.3) is 0 Å². The molecule has 1 aromatic rings. The highest BCUT2D eigenvalue weighted by molar-refractivity contribution is 7.86. The molecule has 0 bridgehead atoms. The predicted molar refractivity (Wildman–Crippen MR) is 86.3 cm³/mol. The summed E-state index contributed by atoms with van der Waals surface area (Å²) < 4.78 is 38.0. The number of benzene rings is 1. The lowest BCUT2D eigenvalue weighted by atomic mass is 10.2. The number of hydrogen-bond acceptors (Lipinski definition) is 6. The lowest BCUT2D eigenvalue weighted by Gasteiger charge is -2.23. The first-order valence-electron chi connectivity index (χ1n) is 7.29. The zero-order valence-corrected chi connectivity index (χ0v) is 14.8. The van der Waals surface area contributed by atoms with Gasteiger partial charge in [-0.3, -0.25) is 4.18 Å². The van der Waals surface area contributed by atoms with Gasteiger partial charge in [-0.05, 0) is 26.3 Å². The molecule has 0 saturated heterocycles. The number of rotatable bonds is 8. The van der Waals surface area contributed by atoms with E-state index in [2.05, 4.69) is 0 Å². The maximum absolute atomic E-state index is 12.0. The molecule has 0 aliphatic carbocycles. The van der Waals surface area contributed by atoms with E-state index in [1.165, 1.54) is 0 Å². The first kappa shape index (κ1) is 19.6. The van der Waals surface area contributed by atoms with Crippen molar-refractivity contribution < 1.29 is 26.9 Å². The van der Waals surface area contributed by atoms with Crippen molar-refractivity contribution in [2.24, 2.45) is 0 Å². The van der Waals surface area contributed by atoms with Crippen LogP contribution in [0, 0.1) is 0 Å². The van der Waals surface area contributed by atoms with Crippen LogP contribution >= 0.6 is 0 Å². The fourth-order valence-electron chi connectivity index (χ4n) is 1.74. The van der Waals surface area contributed by atoms with Crippen LogP contribution in [0.3, 0.4) is 0 Å². The van der Waals surface area contributed by atoms with Crippen molar-refractivity contribution in [2.45, 2.75) is 45.5 Å². The Morgan fingerprint density at radius 2 is 1.78 bits per heavy atom. The van der Waals surface area contributed by atoms with Crippen molar-refractivity contribution in [3.63, 3.8) is 0 Å². The topological polar surface area (TPSA) is 78.9 Å². The van der Waals surface area contributed by atoms with Crippen LogP contribution in [0.5, 0.6) is 0 Å². The Balaban J connectivity index is 2.54. The highest BCUT2D eigenvalue weighted by atomic mass is 32.2. The molecule has 0 radical (unpaired) electrons. The molecule has 0 N–H and O–H groups in total. The first-order chi connectivity index (χ1) is 10.6. The van der Waals surface area contributed by atoms with Crippen LogP contribution in [-0.2, 0) is 35.2 Å². The molecule has 0 saturated carbocycles. The zero-order valence-electron chi connectivity index (χ0n) is 13.9. The second-order valence-electron chi connectivity index (χ2n) is 6.15. The van der Waals surface area contributed by atoms with Crippen LogP contribution in [-0.4, -0.2) is 39.0 Å². The molecule has 0 amide bonds. The molecule has 1 aromatic carbocycles. The van der Waals surface area contributed by atoms with Crippen LogP contribution in [0.2, 0.25) is 0 Å². The zero-order chi connectivity index (χ0) is 17.5. The van der Waals surface area contributed by atoms with Crippen LogP contribution in [0.4, 0.5) is 0 Å². The van der Waals surface area contributed by atoms with Gasteiger partial charge in [0.2, 0.25) is 0 Å². The number of esters is 1. The van der Waals surface area contributed by atoms with Gasteiger partial charge in [-0.1, -0.05) is 30.3 Å². The number of ether oxygens (including phenoxy) is 2. The van der Waals surface area contributed by atoms with Gasteiger partial charge in [0.1, 0.15) is 5.60 Å². The lowest BCUT2D eigenvalue weighted by Crippen LogP contribution is -2.35. The Bertz CT molecular complexity index is 589. The maximum Gasteiger partial charge on any atom is 0.337 e. The van der Waals surface area contributed by atoms with Crippen molar-refractivity contribution >= 4 is 16.1 Å². The summed E-state index contributed by atoms with van der Waals surface area (Å²) in [7, 11) is -3.77. The van der Waals surface area contributed by atoms with E-state index in [0.29, 0.717) is 6.61 Å². The van der Waals surface area contributed by atoms with E-state index in [9.17, 15) is 13.2 Å². The largest absolute Gasteiger partial charge is 0.458 e. The van der Waals surface area contributed by atoms with Crippen molar-refractivity contribution in [2.75, 3.05) is 12.9 Å². The summed E-state index contributed by atoms with van der Waals surface area (Å²) in [6, 6.07) is 9.53. The minimum absolute atomic E-state index is 0.0921. The van der Waals surface area contributed by atoms with Crippen LogP contribution in [0.1, 0.15) is 32.8 Å². The summed E-state index contributed by atoms with van der Waals surface area (Å²) in [6.07, 6.45) is -0.218. The van der Waals surface area contributed by atoms with E-state index >= 15 is 0 Å². The summed E-state index contributed by atoms with van der Waals surface area (Å²) >= 11 is 0. The highest BCUT2D eigenvalue weighted by Crippen LogP contribution is 2.13. The van der Waals surface area contributed by atoms with Crippen molar-refractivity contribution in [1.29, 1.82) is 0 Å². The molecule has 0 unspecified atom stereocenters. The minimum Gasteiger partial charge on any atom is -0.458 e. The quantitative estimate of drug-likeness (QED) is 0.409.